The topological polar surface area (TPSA) is 88.2 Å². The molecule has 2 amide bonds. The summed E-state index contributed by atoms with van der Waals surface area (Å²) in [5.74, 6) is 1.75. The van der Waals surface area contributed by atoms with E-state index in [4.69, 9.17) is 4.74 Å². The van der Waals surface area contributed by atoms with E-state index in [1.54, 1.807) is 30.3 Å². The molecule has 0 atom stereocenters. The largest absolute Gasteiger partial charge is 0.439 e. The van der Waals surface area contributed by atoms with Crippen molar-refractivity contribution in [2.75, 3.05) is 16.0 Å². The number of ether oxygens (including phenoxy) is 1. The van der Waals surface area contributed by atoms with Gasteiger partial charge in [-0.25, -0.2) is 14.8 Å². The molecule has 0 aliphatic heterocycles. The van der Waals surface area contributed by atoms with Crippen LogP contribution in [0.4, 0.5) is 22.0 Å². The molecule has 7 nitrogen and oxygen atoms in total. The van der Waals surface area contributed by atoms with E-state index in [0.717, 1.165) is 12.1 Å². The summed E-state index contributed by atoms with van der Waals surface area (Å²) in [5, 5.41) is 8.81. The van der Waals surface area contributed by atoms with Crippen LogP contribution in [0, 0.1) is 0 Å². The van der Waals surface area contributed by atoms with Crippen molar-refractivity contribution in [3.05, 3.63) is 66.5 Å². The average Bonchev–Trinajstić information content (AvgIpc) is 2.70. The summed E-state index contributed by atoms with van der Waals surface area (Å²) >= 11 is 0. The van der Waals surface area contributed by atoms with E-state index in [9.17, 15) is 4.79 Å². The predicted molar refractivity (Wildman–Crippen MR) is 116 cm³/mol. The van der Waals surface area contributed by atoms with Crippen LogP contribution in [0.3, 0.4) is 0 Å². The SMILES string of the molecule is CCc1ccc(NC(=O)Nc2ccc(Oc3cc(NC(C)C)ncn3)cc2)cc1. The second kappa shape index (κ2) is 9.54. The molecule has 7 heteroatoms. The number of carbonyl (C=O) groups excluding carboxylic acids is 1. The Kier molecular flexibility index (Phi) is 6.63. The third-order valence-corrected chi connectivity index (χ3v) is 4.03. The van der Waals surface area contributed by atoms with Crippen LogP contribution in [0.5, 0.6) is 11.6 Å². The lowest BCUT2D eigenvalue weighted by Crippen LogP contribution is -2.19. The third-order valence-electron chi connectivity index (χ3n) is 4.03. The monoisotopic (exact) mass is 391 g/mol. The first-order valence-electron chi connectivity index (χ1n) is 9.55. The fraction of sp³-hybridized carbons (Fsp3) is 0.227. The zero-order valence-corrected chi connectivity index (χ0v) is 16.8. The molecule has 0 saturated heterocycles. The maximum Gasteiger partial charge on any atom is 0.323 e. The van der Waals surface area contributed by atoms with Crippen LogP contribution in [0.25, 0.3) is 0 Å². The Morgan fingerprint density at radius 3 is 2.17 bits per heavy atom. The highest BCUT2D eigenvalue weighted by Crippen LogP contribution is 2.23. The zero-order valence-electron chi connectivity index (χ0n) is 16.8. The van der Waals surface area contributed by atoms with Crippen molar-refractivity contribution in [2.24, 2.45) is 0 Å². The van der Waals surface area contributed by atoms with Gasteiger partial charge in [-0.1, -0.05) is 19.1 Å². The molecule has 0 unspecified atom stereocenters. The number of nitrogens with zero attached hydrogens (tertiary/aromatic N) is 2. The van der Waals surface area contributed by atoms with E-state index >= 15 is 0 Å². The summed E-state index contributed by atoms with van der Waals surface area (Å²) in [6.07, 6.45) is 2.42. The van der Waals surface area contributed by atoms with Gasteiger partial charge in [0.15, 0.2) is 0 Å². The number of aromatic nitrogens is 2. The number of nitrogens with one attached hydrogen (secondary N) is 3. The summed E-state index contributed by atoms with van der Waals surface area (Å²) in [6, 6.07) is 16.5. The quantitative estimate of drug-likeness (QED) is 0.509. The number of aryl methyl sites for hydroxylation is 1. The van der Waals surface area contributed by atoms with Gasteiger partial charge >= 0.3 is 6.03 Å². The summed E-state index contributed by atoms with van der Waals surface area (Å²) in [4.78, 5) is 20.4. The Balaban J connectivity index is 1.56. The molecule has 0 radical (unpaired) electrons. The van der Waals surface area contributed by atoms with Crippen molar-refractivity contribution >= 4 is 23.2 Å². The van der Waals surface area contributed by atoms with Gasteiger partial charge in [-0.2, -0.15) is 0 Å². The highest BCUT2D eigenvalue weighted by Gasteiger charge is 2.05. The Bertz CT molecular complexity index is 940. The fourth-order valence-electron chi connectivity index (χ4n) is 2.61. The van der Waals surface area contributed by atoms with Crippen LogP contribution in [0.1, 0.15) is 26.3 Å². The van der Waals surface area contributed by atoms with Crippen LogP contribution in [0.2, 0.25) is 0 Å². The number of hydrogen-bond donors (Lipinski definition) is 3. The van der Waals surface area contributed by atoms with Gasteiger partial charge in [0.1, 0.15) is 17.9 Å². The smallest absolute Gasteiger partial charge is 0.323 e. The van der Waals surface area contributed by atoms with E-state index in [1.165, 1.54) is 11.9 Å². The highest BCUT2D eigenvalue weighted by molar-refractivity contribution is 5.99. The molecule has 2 aromatic carbocycles. The lowest BCUT2D eigenvalue weighted by molar-refractivity contribution is 0.262. The summed E-state index contributed by atoms with van der Waals surface area (Å²) in [7, 11) is 0. The van der Waals surface area contributed by atoms with Gasteiger partial charge in [-0.3, -0.25) is 0 Å². The van der Waals surface area contributed by atoms with Gasteiger partial charge in [-0.05, 0) is 62.2 Å². The number of carbonyl (C=O) groups is 1. The van der Waals surface area contributed by atoms with E-state index in [1.807, 2.05) is 38.1 Å². The molecule has 3 aromatic rings. The van der Waals surface area contributed by atoms with Crippen LogP contribution in [-0.2, 0) is 6.42 Å². The maximum atomic E-state index is 12.2. The van der Waals surface area contributed by atoms with Gasteiger partial charge in [0.2, 0.25) is 5.88 Å². The highest BCUT2D eigenvalue weighted by atomic mass is 16.5. The Hall–Kier alpha value is -3.61. The molecule has 150 valence electrons. The van der Waals surface area contributed by atoms with Crippen molar-refractivity contribution in [3.63, 3.8) is 0 Å². The molecule has 0 fully saturated rings. The molecule has 1 aromatic heterocycles. The van der Waals surface area contributed by atoms with Crippen molar-refractivity contribution in [2.45, 2.75) is 33.2 Å². The molecule has 29 heavy (non-hydrogen) atoms. The predicted octanol–water partition coefficient (Wildman–Crippen LogP) is 5.30. The third kappa shape index (κ3) is 6.21. The van der Waals surface area contributed by atoms with Crippen LogP contribution >= 0.6 is 0 Å². The number of hydrogen-bond acceptors (Lipinski definition) is 5. The molecule has 0 aliphatic carbocycles. The molecule has 3 rings (SSSR count). The Morgan fingerprint density at radius 2 is 1.59 bits per heavy atom. The summed E-state index contributed by atoms with van der Waals surface area (Å²) in [5.41, 5.74) is 2.63. The van der Waals surface area contributed by atoms with Crippen molar-refractivity contribution in [1.82, 2.24) is 9.97 Å². The number of benzene rings is 2. The first-order chi connectivity index (χ1) is 14.0. The first kappa shape index (κ1) is 20.1. The van der Waals surface area contributed by atoms with Gasteiger partial charge in [0.05, 0.1) is 0 Å². The summed E-state index contributed by atoms with van der Waals surface area (Å²) < 4.78 is 5.76. The van der Waals surface area contributed by atoms with Gasteiger partial charge in [0, 0.05) is 23.5 Å². The molecule has 3 N–H and O–H groups in total. The normalized spacial score (nSPS) is 10.5. The minimum Gasteiger partial charge on any atom is -0.439 e. The van der Waals surface area contributed by atoms with Crippen molar-refractivity contribution in [3.8, 4) is 11.6 Å². The standard InChI is InChI=1S/C22H25N5O2/c1-4-16-5-7-17(8-6-16)26-22(28)27-18-9-11-19(12-10-18)29-21-13-20(23-14-24-21)25-15(2)3/h5-15H,4H2,1-3H3,(H,23,24,25)(H2,26,27,28). The summed E-state index contributed by atoms with van der Waals surface area (Å²) in [6.45, 7) is 6.16. The van der Waals surface area contributed by atoms with E-state index in [2.05, 4.69) is 32.8 Å². The molecular weight excluding hydrogens is 366 g/mol. The number of rotatable bonds is 7. The molecule has 0 saturated carbocycles. The molecule has 0 spiro atoms. The van der Waals surface area contributed by atoms with E-state index < -0.39 is 0 Å². The molecular formula is C22H25N5O2. The van der Waals surface area contributed by atoms with Crippen LogP contribution < -0.4 is 20.7 Å². The first-order valence-corrected chi connectivity index (χ1v) is 9.55. The van der Waals surface area contributed by atoms with Gasteiger partial charge < -0.3 is 20.7 Å². The molecule has 0 aliphatic rings. The maximum absolute atomic E-state index is 12.2. The van der Waals surface area contributed by atoms with Crippen molar-refractivity contribution in [1.29, 1.82) is 0 Å². The van der Waals surface area contributed by atoms with Crippen LogP contribution in [-0.4, -0.2) is 22.0 Å². The van der Waals surface area contributed by atoms with Gasteiger partial charge in [0.25, 0.3) is 0 Å². The minimum absolute atomic E-state index is 0.263. The van der Waals surface area contributed by atoms with E-state index in [0.29, 0.717) is 23.1 Å². The van der Waals surface area contributed by atoms with E-state index in [-0.39, 0.29) is 12.1 Å². The lowest BCUT2D eigenvalue weighted by Gasteiger charge is -2.11. The van der Waals surface area contributed by atoms with Crippen LogP contribution in [0.15, 0.2) is 60.9 Å². The Morgan fingerprint density at radius 1 is 0.966 bits per heavy atom. The average molecular weight is 391 g/mol. The van der Waals surface area contributed by atoms with Crippen molar-refractivity contribution < 1.29 is 9.53 Å². The fourth-order valence-corrected chi connectivity index (χ4v) is 2.61. The lowest BCUT2D eigenvalue weighted by atomic mass is 10.1. The zero-order chi connectivity index (χ0) is 20.6. The molecule has 1 heterocycles. The second-order valence-electron chi connectivity index (χ2n) is 6.80. The Labute approximate surface area is 170 Å². The minimum atomic E-state index is -0.303. The van der Waals surface area contributed by atoms with Gasteiger partial charge in [-0.15, -0.1) is 0 Å². The number of urea groups is 1. The number of anilines is 3. The second-order valence-corrected chi connectivity index (χ2v) is 6.80. The molecule has 0 bridgehead atoms. The number of amides is 2.